The Hall–Kier alpha value is -1.88. The van der Waals surface area contributed by atoms with E-state index in [0.29, 0.717) is 19.4 Å². The average molecular weight is 305 g/mol. The normalized spacial score (nSPS) is 22.3. The Morgan fingerprint density at radius 3 is 2.73 bits per heavy atom. The van der Waals surface area contributed by atoms with Crippen molar-refractivity contribution >= 4 is 11.9 Å². The van der Waals surface area contributed by atoms with Crippen LogP contribution in [-0.2, 0) is 14.3 Å². The highest BCUT2D eigenvalue weighted by Gasteiger charge is 2.38. The van der Waals surface area contributed by atoms with Crippen LogP contribution in [0.3, 0.4) is 0 Å². The van der Waals surface area contributed by atoms with Gasteiger partial charge in [-0.25, -0.2) is 0 Å². The molecule has 2 N–H and O–H groups in total. The van der Waals surface area contributed by atoms with E-state index in [1.54, 1.807) is 0 Å². The second-order valence-electron chi connectivity index (χ2n) is 6.16. The topological polar surface area (TPSA) is 75.6 Å². The Balaban J connectivity index is 1.99. The van der Waals surface area contributed by atoms with E-state index >= 15 is 0 Å². The Morgan fingerprint density at radius 1 is 1.41 bits per heavy atom. The van der Waals surface area contributed by atoms with Crippen molar-refractivity contribution in [3.8, 4) is 0 Å². The Kier molecular flexibility index (Phi) is 5.19. The molecule has 1 fully saturated rings. The minimum absolute atomic E-state index is 0.0883. The molecule has 5 heteroatoms. The van der Waals surface area contributed by atoms with E-state index < -0.39 is 11.5 Å². The number of aryl methyl sites for hydroxylation is 1. The second-order valence-corrected chi connectivity index (χ2v) is 6.16. The van der Waals surface area contributed by atoms with Crippen molar-refractivity contribution in [2.24, 2.45) is 0 Å². The third kappa shape index (κ3) is 4.07. The number of hydrogen-bond donors (Lipinski definition) is 2. The van der Waals surface area contributed by atoms with Crippen LogP contribution in [0, 0.1) is 6.92 Å². The van der Waals surface area contributed by atoms with Gasteiger partial charge in [-0.3, -0.25) is 9.59 Å². The van der Waals surface area contributed by atoms with Crippen LogP contribution in [0.2, 0.25) is 0 Å². The highest BCUT2D eigenvalue weighted by Crippen LogP contribution is 2.26. The second kappa shape index (κ2) is 6.92. The summed E-state index contributed by atoms with van der Waals surface area (Å²) in [5.74, 6) is -0.953. The number of nitrogens with one attached hydrogen (secondary N) is 1. The predicted octanol–water partition coefficient (Wildman–Crippen LogP) is 2.24. The molecule has 1 aromatic carbocycles. The summed E-state index contributed by atoms with van der Waals surface area (Å²) in [4.78, 5) is 23.3. The summed E-state index contributed by atoms with van der Waals surface area (Å²) in [6, 6.07) is 8.00. The SMILES string of the molecule is Cc1ccccc1C(C)CC(=O)NC1(CC(=O)O)CCOC1. The smallest absolute Gasteiger partial charge is 0.305 e. The number of carboxylic acids is 1. The summed E-state index contributed by atoms with van der Waals surface area (Å²) in [6.45, 7) is 4.79. The molecule has 1 amide bonds. The van der Waals surface area contributed by atoms with Crippen molar-refractivity contribution in [1.29, 1.82) is 0 Å². The van der Waals surface area contributed by atoms with Crippen molar-refractivity contribution in [2.45, 2.75) is 44.6 Å². The molecule has 0 saturated carbocycles. The standard InChI is InChI=1S/C17H23NO4/c1-12-5-3-4-6-14(12)13(2)9-15(19)18-17(10-16(20)21)7-8-22-11-17/h3-6,13H,7-11H2,1-2H3,(H,18,19)(H,20,21). The lowest BCUT2D eigenvalue weighted by Gasteiger charge is -2.28. The first-order valence-corrected chi connectivity index (χ1v) is 7.58. The maximum absolute atomic E-state index is 12.3. The molecule has 0 bridgehead atoms. The molecule has 1 aliphatic rings. The highest BCUT2D eigenvalue weighted by molar-refractivity contribution is 5.79. The zero-order valence-corrected chi connectivity index (χ0v) is 13.1. The van der Waals surface area contributed by atoms with Crippen LogP contribution in [0.4, 0.5) is 0 Å². The maximum atomic E-state index is 12.3. The van der Waals surface area contributed by atoms with Crippen LogP contribution in [0.5, 0.6) is 0 Å². The van der Waals surface area contributed by atoms with Gasteiger partial charge in [0.25, 0.3) is 0 Å². The van der Waals surface area contributed by atoms with Gasteiger partial charge in [-0.05, 0) is 30.4 Å². The molecule has 1 heterocycles. The zero-order chi connectivity index (χ0) is 16.2. The molecule has 22 heavy (non-hydrogen) atoms. The van der Waals surface area contributed by atoms with Crippen molar-refractivity contribution in [3.63, 3.8) is 0 Å². The van der Waals surface area contributed by atoms with Gasteiger partial charge in [0, 0.05) is 13.0 Å². The van der Waals surface area contributed by atoms with Gasteiger partial charge in [0.1, 0.15) is 0 Å². The monoisotopic (exact) mass is 305 g/mol. The molecule has 5 nitrogen and oxygen atoms in total. The van der Waals surface area contributed by atoms with Crippen LogP contribution >= 0.6 is 0 Å². The van der Waals surface area contributed by atoms with E-state index in [9.17, 15) is 9.59 Å². The fraction of sp³-hybridized carbons (Fsp3) is 0.529. The number of amides is 1. The van der Waals surface area contributed by atoms with Gasteiger partial charge in [0.15, 0.2) is 0 Å². The first kappa shape index (κ1) is 16.5. The van der Waals surface area contributed by atoms with Gasteiger partial charge in [-0.2, -0.15) is 0 Å². The number of benzene rings is 1. The number of ether oxygens (including phenoxy) is 1. The van der Waals surface area contributed by atoms with Crippen LogP contribution in [-0.4, -0.2) is 35.7 Å². The lowest BCUT2D eigenvalue weighted by Crippen LogP contribution is -2.50. The minimum atomic E-state index is -0.919. The number of carboxylic acid groups (broad SMARTS) is 1. The number of carbonyl (C=O) groups excluding carboxylic acids is 1. The Labute approximate surface area is 130 Å². The lowest BCUT2D eigenvalue weighted by molar-refractivity contribution is -0.139. The molecule has 0 aromatic heterocycles. The quantitative estimate of drug-likeness (QED) is 0.845. The lowest BCUT2D eigenvalue weighted by atomic mass is 9.91. The first-order valence-electron chi connectivity index (χ1n) is 7.58. The van der Waals surface area contributed by atoms with E-state index in [0.717, 1.165) is 11.1 Å². The maximum Gasteiger partial charge on any atom is 0.305 e. The van der Waals surface area contributed by atoms with E-state index in [4.69, 9.17) is 9.84 Å². The molecule has 1 aromatic rings. The fourth-order valence-electron chi connectivity index (χ4n) is 3.05. The largest absolute Gasteiger partial charge is 0.481 e. The fourth-order valence-corrected chi connectivity index (χ4v) is 3.05. The highest BCUT2D eigenvalue weighted by atomic mass is 16.5. The van der Waals surface area contributed by atoms with Gasteiger partial charge in [-0.1, -0.05) is 31.2 Å². The van der Waals surface area contributed by atoms with Crippen LogP contribution in [0.1, 0.15) is 43.2 Å². The molecule has 1 saturated heterocycles. The number of aliphatic carboxylic acids is 1. The molecule has 120 valence electrons. The minimum Gasteiger partial charge on any atom is -0.481 e. The molecule has 0 spiro atoms. The summed E-state index contributed by atoms with van der Waals surface area (Å²) in [6.07, 6.45) is 0.785. The zero-order valence-electron chi connectivity index (χ0n) is 13.1. The first-order chi connectivity index (χ1) is 10.4. The molecule has 0 radical (unpaired) electrons. The van der Waals surface area contributed by atoms with Gasteiger partial charge in [-0.15, -0.1) is 0 Å². The van der Waals surface area contributed by atoms with E-state index in [1.165, 1.54) is 0 Å². The van der Waals surface area contributed by atoms with E-state index in [-0.39, 0.29) is 24.9 Å². The molecule has 2 atom stereocenters. The predicted molar refractivity (Wildman–Crippen MR) is 82.8 cm³/mol. The molecular weight excluding hydrogens is 282 g/mol. The molecule has 1 aliphatic heterocycles. The molecule has 2 unspecified atom stereocenters. The van der Waals surface area contributed by atoms with E-state index in [2.05, 4.69) is 5.32 Å². The summed E-state index contributed by atoms with van der Waals surface area (Å²) in [5, 5.41) is 11.9. The summed E-state index contributed by atoms with van der Waals surface area (Å²) >= 11 is 0. The summed E-state index contributed by atoms with van der Waals surface area (Å²) in [7, 11) is 0. The number of carbonyl (C=O) groups is 2. The van der Waals surface area contributed by atoms with Crippen molar-refractivity contribution in [2.75, 3.05) is 13.2 Å². The molecule has 2 rings (SSSR count). The van der Waals surface area contributed by atoms with Gasteiger partial charge in [0.05, 0.1) is 18.6 Å². The van der Waals surface area contributed by atoms with Crippen molar-refractivity contribution in [3.05, 3.63) is 35.4 Å². The van der Waals surface area contributed by atoms with Crippen molar-refractivity contribution < 1.29 is 19.4 Å². The molecule has 0 aliphatic carbocycles. The third-order valence-corrected chi connectivity index (χ3v) is 4.21. The van der Waals surface area contributed by atoms with Crippen LogP contribution in [0.25, 0.3) is 0 Å². The summed E-state index contributed by atoms with van der Waals surface area (Å²) in [5.41, 5.74) is 1.55. The molecular formula is C17H23NO4. The van der Waals surface area contributed by atoms with Crippen molar-refractivity contribution in [1.82, 2.24) is 5.32 Å². The average Bonchev–Trinajstić information content (AvgIpc) is 2.85. The van der Waals surface area contributed by atoms with E-state index in [1.807, 2.05) is 38.1 Å². The summed E-state index contributed by atoms with van der Waals surface area (Å²) < 4.78 is 5.29. The Morgan fingerprint density at radius 2 is 2.14 bits per heavy atom. The Bertz CT molecular complexity index is 549. The van der Waals surface area contributed by atoms with Crippen LogP contribution in [0.15, 0.2) is 24.3 Å². The third-order valence-electron chi connectivity index (χ3n) is 4.21. The van der Waals surface area contributed by atoms with Gasteiger partial charge in [0.2, 0.25) is 5.91 Å². The van der Waals surface area contributed by atoms with Crippen LogP contribution < -0.4 is 5.32 Å². The number of hydrogen-bond acceptors (Lipinski definition) is 3. The number of rotatable bonds is 6. The van der Waals surface area contributed by atoms with Gasteiger partial charge >= 0.3 is 5.97 Å². The van der Waals surface area contributed by atoms with Gasteiger partial charge < -0.3 is 15.2 Å².